The predicted molar refractivity (Wildman–Crippen MR) is 42.1 cm³/mol. The van der Waals surface area contributed by atoms with Crippen LogP contribution in [0.2, 0.25) is 0 Å². The van der Waals surface area contributed by atoms with Gasteiger partial charge in [0.2, 0.25) is 5.91 Å². The van der Waals surface area contributed by atoms with Gasteiger partial charge in [-0.25, -0.2) is 4.79 Å². The lowest BCUT2D eigenvalue weighted by molar-refractivity contribution is -0.117. The first kappa shape index (κ1) is 9.94. The van der Waals surface area contributed by atoms with Crippen LogP contribution in [0.4, 0.5) is 4.79 Å². The highest BCUT2D eigenvalue weighted by atomic mass is 16.2. The Kier molecular flexibility index (Phi) is 4.26. The van der Waals surface area contributed by atoms with Crippen LogP contribution in [0.1, 0.15) is 20.8 Å². The van der Waals surface area contributed by atoms with Crippen LogP contribution in [-0.4, -0.2) is 18.5 Å². The van der Waals surface area contributed by atoms with Crippen molar-refractivity contribution in [3.05, 3.63) is 0 Å². The van der Waals surface area contributed by atoms with Crippen molar-refractivity contribution in [2.75, 3.05) is 6.54 Å². The molecule has 4 heteroatoms. The van der Waals surface area contributed by atoms with Gasteiger partial charge in [-0.2, -0.15) is 0 Å². The second-order valence-corrected chi connectivity index (χ2v) is 2.96. The molecule has 1 heterocycles. The van der Waals surface area contributed by atoms with Gasteiger partial charge in [0.25, 0.3) is 0 Å². The molecule has 1 saturated heterocycles. The monoisotopic (exact) mass is 158 g/mol. The van der Waals surface area contributed by atoms with Crippen LogP contribution in [0.25, 0.3) is 0 Å². The zero-order chi connectivity index (χ0) is 8.85. The Labute approximate surface area is 66.4 Å². The summed E-state index contributed by atoms with van der Waals surface area (Å²) in [6, 6.07) is -0.398. The second kappa shape index (κ2) is 4.71. The number of hydrogen-bond donors (Lipinski definition) is 2. The molecule has 64 valence electrons. The summed E-state index contributed by atoms with van der Waals surface area (Å²) < 4.78 is 0. The third kappa shape index (κ3) is 6.83. The summed E-state index contributed by atoms with van der Waals surface area (Å²) in [4.78, 5) is 20.1. The van der Waals surface area contributed by atoms with Crippen LogP contribution in [0.15, 0.2) is 0 Å². The summed E-state index contributed by atoms with van der Waals surface area (Å²) in [5.41, 5.74) is 0. The molecule has 1 fully saturated rings. The molecular formula is C7H14N2O2. The molecule has 0 radical (unpaired) electrons. The number of nitrogens with one attached hydrogen (secondary N) is 2. The van der Waals surface area contributed by atoms with Gasteiger partial charge in [0, 0.05) is 0 Å². The fourth-order valence-electron chi connectivity index (χ4n) is 0.376. The first-order chi connectivity index (χ1) is 5.02. The Hall–Kier alpha value is -1.06. The van der Waals surface area contributed by atoms with E-state index in [9.17, 15) is 9.59 Å². The van der Waals surface area contributed by atoms with Crippen molar-refractivity contribution in [3.8, 4) is 0 Å². The van der Waals surface area contributed by atoms with E-state index in [1.807, 2.05) is 5.32 Å². The van der Waals surface area contributed by atoms with E-state index in [4.69, 9.17) is 0 Å². The third-order valence-electron chi connectivity index (χ3n) is 0.662. The molecule has 4 nitrogen and oxygen atoms in total. The average molecular weight is 158 g/mol. The molecule has 1 aliphatic rings. The van der Waals surface area contributed by atoms with Crippen molar-refractivity contribution in [3.63, 3.8) is 0 Å². The molecule has 3 amide bonds. The van der Waals surface area contributed by atoms with Crippen molar-refractivity contribution < 1.29 is 9.59 Å². The summed E-state index contributed by atoms with van der Waals surface area (Å²) in [6.45, 7) is 6.62. The highest BCUT2D eigenvalue weighted by molar-refractivity contribution is 6.01. The molecule has 1 rings (SSSR count). The Morgan fingerprint density at radius 1 is 1.27 bits per heavy atom. The van der Waals surface area contributed by atoms with E-state index in [1.54, 1.807) is 0 Å². The smallest absolute Gasteiger partial charge is 0.321 e. The minimum Gasteiger partial charge on any atom is -0.329 e. The molecule has 0 atom stereocenters. The maximum Gasteiger partial charge on any atom is 0.321 e. The summed E-state index contributed by atoms with van der Waals surface area (Å²) >= 11 is 0. The number of imide groups is 1. The first-order valence-electron chi connectivity index (χ1n) is 3.60. The zero-order valence-corrected chi connectivity index (χ0v) is 7.10. The third-order valence-corrected chi connectivity index (χ3v) is 0.662. The van der Waals surface area contributed by atoms with Crippen LogP contribution in [0.5, 0.6) is 0 Å². The number of amides is 3. The van der Waals surface area contributed by atoms with Crippen LogP contribution in [0.3, 0.4) is 0 Å². The normalized spacial score (nSPS) is 15.3. The molecule has 0 aromatic carbocycles. The molecule has 0 aromatic rings. The molecule has 0 aromatic heterocycles. The molecular weight excluding hydrogens is 144 g/mol. The number of carbonyl (C=O) groups is 2. The molecule has 0 unspecified atom stereocenters. The standard InChI is InChI=1S/C4H10.C3H4N2O2/c1-4(2)3;6-2-1-4-3(7)5-2/h4H,1-3H3;1H2,(H2,4,5,6,7). The van der Waals surface area contributed by atoms with E-state index < -0.39 is 6.03 Å². The van der Waals surface area contributed by atoms with Gasteiger partial charge in [-0.15, -0.1) is 0 Å². The number of hydrogen-bond acceptors (Lipinski definition) is 2. The predicted octanol–water partition coefficient (Wildman–Crippen LogP) is 0.488. The Bertz CT molecular complexity index is 138. The second-order valence-electron chi connectivity index (χ2n) is 2.96. The van der Waals surface area contributed by atoms with Crippen LogP contribution in [-0.2, 0) is 4.79 Å². The number of carbonyl (C=O) groups excluding carboxylic acids is 2. The Balaban J connectivity index is 0.000000218. The lowest BCUT2D eigenvalue weighted by Gasteiger charge is -1.79. The average Bonchev–Trinajstić information content (AvgIpc) is 2.13. The van der Waals surface area contributed by atoms with E-state index in [-0.39, 0.29) is 12.5 Å². The molecule has 11 heavy (non-hydrogen) atoms. The molecule has 0 spiro atoms. The minimum absolute atomic E-state index is 0.124. The molecule has 2 N–H and O–H groups in total. The van der Waals surface area contributed by atoms with Crippen LogP contribution >= 0.6 is 0 Å². The van der Waals surface area contributed by atoms with Gasteiger partial charge in [0.05, 0.1) is 6.54 Å². The quantitative estimate of drug-likeness (QED) is 0.504. The van der Waals surface area contributed by atoms with Crippen LogP contribution < -0.4 is 10.6 Å². The summed E-state index contributed by atoms with van der Waals surface area (Å²) in [5, 5.41) is 4.30. The van der Waals surface area contributed by atoms with Gasteiger partial charge >= 0.3 is 6.03 Å². The van der Waals surface area contributed by atoms with Crippen molar-refractivity contribution in [1.29, 1.82) is 0 Å². The lowest BCUT2D eigenvalue weighted by atomic mass is 10.3. The summed E-state index contributed by atoms with van der Waals surface area (Å²) in [6.07, 6.45) is 0. The Morgan fingerprint density at radius 3 is 1.82 bits per heavy atom. The highest BCUT2D eigenvalue weighted by Gasteiger charge is 2.14. The topological polar surface area (TPSA) is 58.2 Å². The molecule has 0 saturated carbocycles. The van der Waals surface area contributed by atoms with E-state index in [0.717, 1.165) is 5.92 Å². The van der Waals surface area contributed by atoms with Gasteiger partial charge in [-0.1, -0.05) is 20.8 Å². The lowest BCUT2D eigenvalue weighted by Crippen LogP contribution is -2.22. The molecule has 0 bridgehead atoms. The Morgan fingerprint density at radius 2 is 1.73 bits per heavy atom. The van der Waals surface area contributed by atoms with Crippen molar-refractivity contribution in [1.82, 2.24) is 10.6 Å². The van der Waals surface area contributed by atoms with E-state index in [1.165, 1.54) is 0 Å². The maximum atomic E-state index is 10.1. The van der Waals surface area contributed by atoms with E-state index >= 15 is 0 Å². The van der Waals surface area contributed by atoms with Gasteiger partial charge < -0.3 is 5.32 Å². The largest absolute Gasteiger partial charge is 0.329 e. The van der Waals surface area contributed by atoms with E-state index in [2.05, 4.69) is 26.1 Å². The van der Waals surface area contributed by atoms with Gasteiger partial charge in [0.1, 0.15) is 0 Å². The molecule has 0 aliphatic carbocycles. The van der Waals surface area contributed by atoms with Crippen molar-refractivity contribution >= 4 is 11.9 Å². The van der Waals surface area contributed by atoms with Crippen molar-refractivity contribution in [2.24, 2.45) is 5.92 Å². The summed E-state index contributed by atoms with van der Waals surface area (Å²) in [5.74, 6) is 0.574. The highest BCUT2D eigenvalue weighted by Crippen LogP contribution is 1.81. The van der Waals surface area contributed by atoms with Crippen molar-refractivity contribution in [2.45, 2.75) is 20.8 Å². The number of rotatable bonds is 0. The fraction of sp³-hybridized carbons (Fsp3) is 0.714. The van der Waals surface area contributed by atoms with E-state index in [0.29, 0.717) is 0 Å². The first-order valence-corrected chi connectivity index (χ1v) is 3.60. The van der Waals surface area contributed by atoms with Gasteiger partial charge in [-0.3, -0.25) is 10.1 Å². The van der Waals surface area contributed by atoms with Gasteiger partial charge in [0.15, 0.2) is 0 Å². The zero-order valence-electron chi connectivity index (χ0n) is 7.10. The molecule has 1 aliphatic heterocycles. The van der Waals surface area contributed by atoms with Crippen LogP contribution in [0, 0.1) is 5.92 Å². The fourth-order valence-corrected chi connectivity index (χ4v) is 0.376. The SMILES string of the molecule is CC(C)C.O=C1CNC(=O)N1. The van der Waals surface area contributed by atoms with Gasteiger partial charge in [-0.05, 0) is 5.92 Å². The number of urea groups is 1. The maximum absolute atomic E-state index is 10.1. The minimum atomic E-state index is -0.398. The summed E-state index contributed by atoms with van der Waals surface area (Å²) in [7, 11) is 0.